The third kappa shape index (κ3) is 3.13. The maximum Gasteiger partial charge on any atom is 0.303 e. The molecule has 1 aliphatic rings. The third-order valence-electron chi connectivity index (χ3n) is 3.78. The number of likely N-dealkylation sites (tertiary alicyclic amines) is 1. The number of nitrogens with zero attached hydrogens (tertiary/aromatic N) is 1. The molecule has 0 radical (unpaired) electrons. The van der Waals surface area contributed by atoms with E-state index in [9.17, 15) is 4.79 Å². The maximum atomic E-state index is 10.6. The largest absolute Gasteiger partial charge is 0.481 e. The van der Waals surface area contributed by atoms with Gasteiger partial charge in [-0.05, 0) is 43.9 Å². The van der Waals surface area contributed by atoms with Gasteiger partial charge in [0.2, 0.25) is 0 Å². The van der Waals surface area contributed by atoms with Crippen LogP contribution in [0.4, 0.5) is 0 Å². The van der Waals surface area contributed by atoms with Gasteiger partial charge in [-0.1, -0.05) is 6.92 Å². The highest BCUT2D eigenvalue weighted by Crippen LogP contribution is 2.31. The number of carboxylic acids is 1. The van der Waals surface area contributed by atoms with Gasteiger partial charge in [0.1, 0.15) is 5.76 Å². The van der Waals surface area contributed by atoms with Gasteiger partial charge in [-0.2, -0.15) is 0 Å². The molecule has 1 N–H and O–H groups in total. The van der Waals surface area contributed by atoms with Crippen molar-refractivity contribution >= 4 is 5.97 Å². The SMILES string of the molecule is CCC(c1ccco1)N1CCC(CCC(=O)O)C1. The van der Waals surface area contributed by atoms with Crippen LogP contribution in [-0.2, 0) is 4.79 Å². The number of aliphatic carboxylic acids is 1. The van der Waals surface area contributed by atoms with Crippen molar-refractivity contribution in [1.29, 1.82) is 0 Å². The number of hydrogen-bond acceptors (Lipinski definition) is 3. The van der Waals surface area contributed by atoms with E-state index in [0.29, 0.717) is 12.0 Å². The van der Waals surface area contributed by atoms with Crippen LogP contribution in [0.25, 0.3) is 0 Å². The number of hydrogen-bond donors (Lipinski definition) is 1. The van der Waals surface area contributed by atoms with Gasteiger partial charge in [-0.3, -0.25) is 9.69 Å². The summed E-state index contributed by atoms with van der Waals surface area (Å²) >= 11 is 0. The molecule has 0 bridgehead atoms. The van der Waals surface area contributed by atoms with Crippen molar-refractivity contribution in [3.63, 3.8) is 0 Å². The van der Waals surface area contributed by atoms with Crippen LogP contribution >= 0.6 is 0 Å². The minimum atomic E-state index is -0.688. The monoisotopic (exact) mass is 251 g/mol. The Labute approximate surface area is 108 Å². The van der Waals surface area contributed by atoms with Gasteiger partial charge in [0.05, 0.1) is 12.3 Å². The standard InChI is InChI=1S/C14H21NO3/c1-2-12(13-4-3-9-18-13)15-8-7-11(10-15)5-6-14(16)17/h3-4,9,11-12H,2,5-8,10H2,1H3,(H,16,17). The molecule has 4 nitrogen and oxygen atoms in total. The number of rotatable bonds is 6. The summed E-state index contributed by atoms with van der Waals surface area (Å²) in [5.41, 5.74) is 0. The van der Waals surface area contributed by atoms with Crippen LogP contribution in [0, 0.1) is 5.92 Å². The van der Waals surface area contributed by atoms with Gasteiger partial charge in [-0.25, -0.2) is 0 Å². The Morgan fingerprint density at radius 3 is 3.11 bits per heavy atom. The van der Waals surface area contributed by atoms with E-state index in [1.165, 1.54) is 0 Å². The lowest BCUT2D eigenvalue weighted by atomic mass is 10.0. The molecule has 0 spiro atoms. The zero-order valence-corrected chi connectivity index (χ0v) is 10.8. The summed E-state index contributed by atoms with van der Waals surface area (Å²) in [5.74, 6) is 0.855. The van der Waals surface area contributed by atoms with Gasteiger partial charge >= 0.3 is 5.97 Å². The van der Waals surface area contributed by atoms with E-state index in [-0.39, 0.29) is 6.42 Å². The Morgan fingerprint density at radius 2 is 2.50 bits per heavy atom. The fourth-order valence-corrected chi connectivity index (χ4v) is 2.83. The molecule has 1 aromatic heterocycles. The Hall–Kier alpha value is -1.29. The van der Waals surface area contributed by atoms with E-state index in [0.717, 1.165) is 38.1 Å². The van der Waals surface area contributed by atoms with Crippen molar-refractivity contribution in [3.05, 3.63) is 24.2 Å². The Morgan fingerprint density at radius 1 is 1.67 bits per heavy atom. The van der Waals surface area contributed by atoms with Crippen molar-refractivity contribution in [2.24, 2.45) is 5.92 Å². The number of furan rings is 1. The first-order valence-electron chi connectivity index (χ1n) is 6.70. The van der Waals surface area contributed by atoms with Crippen molar-refractivity contribution in [2.75, 3.05) is 13.1 Å². The molecule has 18 heavy (non-hydrogen) atoms. The minimum absolute atomic E-state index is 0.288. The molecule has 0 aromatic carbocycles. The molecule has 1 aliphatic heterocycles. The van der Waals surface area contributed by atoms with Crippen molar-refractivity contribution in [3.8, 4) is 0 Å². The number of carbonyl (C=O) groups is 1. The summed E-state index contributed by atoms with van der Waals surface area (Å²) in [6.07, 6.45) is 4.93. The van der Waals surface area contributed by atoms with Crippen LogP contribution in [0.15, 0.2) is 22.8 Å². The third-order valence-corrected chi connectivity index (χ3v) is 3.78. The first kappa shape index (κ1) is 13.1. The predicted molar refractivity (Wildman–Crippen MR) is 68.3 cm³/mol. The zero-order chi connectivity index (χ0) is 13.0. The second-order valence-electron chi connectivity index (χ2n) is 5.02. The minimum Gasteiger partial charge on any atom is -0.481 e. The lowest BCUT2D eigenvalue weighted by Crippen LogP contribution is -2.26. The van der Waals surface area contributed by atoms with Crippen molar-refractivity contribution < 1.29 is 14.3 Å². The smallest absolute Gasteiger partial charge is 0.303 e. The van der Waals surface area contributed by atoms with Crippen LogP contribution < -0.4 is 0 Å². The van der Waals surface area contributed by atoms with Crippen LogP contribution in [0.3, 0.4) is 0 Å². The first-order valence-corrected chi connectivity index (χ1v) is 6.70. The highest BCUT2D eigenvalue weighted by atomic mass is 16.4. The van der Waals surface area contributed by atoms with E-state index < -0.39 is 5.97 Å². The summed E-state index contributed by atoms with van der Waals surface area (Å²) in [7, 11) is 0. The Balaban J connectivity index is 1.89. The molecule has 2 rings (SSSR count). The molecular weight excluding hydrogens is 230 g/mol. The van der Waals surface area contributed by atoms with E-state index in [4.69, 9.17) is 9.52 Å². The second-order valence-corrected chi connectivity index (χ2v) is 5.02. The highest BCUT2D eigenvalue weighted by Gasteiger charge is 2.29. The summed E-state index contributed by atoms with van der Waals surface area (Å²) in [6.45, 7) is 4.20. The molecule has 1 aromatic rings. The van der Waals surface area contributed by atoms with Gasteiger partial charge < -0.3 is 9.52 Å². The fraction of sp³-hybridized carbons (Fsp3) is 0.643. The lowest BCUT2D eigenvalue weighted by Gasteiger charge is -2.25. The summed E-state index contributed by atoms with van der Waals surface area (Å²) < 4.78 is 5.50. The molecule has 0 amide bonds. The molecule has 2 unspecified atom stereocenters. The van der Waals surface area contributed by atoms with E-state index in [1.807, 2.05) is 12.1 Å². The van der Waals surface area contributed by atoms with E-state index >= 15 is 0 Å². The molecule has 4 heteroatoms. The van der Waals surface area contributed by atoms with Crippen molar-refractivity contribution in [1.82, 2.24) is 4.90 Å². The zero-order valence-electron chi connectivity index (χ0n) is 10.8. The summed E-state index contributed by atoms with van der Waals surface area (Å²) in [5, 5.41) is 8.72. The highest BCUT2D eigenvalue weighted by molar-refractivity contribution is 5.66. The van der Waals surface area contributed by atoms with Gasteiger partial charge in [0.15, 0.2) is 0 Å². The average Bonchev–Trinajstić information content (AvgIpc) is 2.99. The summed E-state index contributed by atoms with van der Waals surface area (Å²) in [6, 6.07) is 4.30. The van der Waals surface area contributed by atoms with Crippen LogP contribution in [0.1, 0.15) is 44.4 Å². The van der Waals surface area contributed by atoms with Crippen LogP contribution in [0.2, 0.25) is 0 Å². The lowest BCUT2D eigenvalue weighted by molar-refractivity contribution is -0.137. The Bertz CT molecular complexity index is 374. The van der Waals surface area contributed by atoms with Gasteiger partial charge in [0.25, 0.3) is 0 Å². The molecule has 2 atom stereocenters. The van der Waals surface area contributed by atoms with Crippen LogP contribution in [0.5, 0.6) is 0 Å². The molecule has 1 fully saturated rings. The predicted octanol–water partition coefficient (Wildman–Crippen LogP) is 2.92. The quantitative estimate of drug-likeness (QED) is 0.844. The molecular formula is C14H21NO3. The normalized spacial score (nSPS) is 22.2. The van der Waals surface area contributed by atoms with Gasteiger partial charge in [0, 0.05) is 13.0 Å². The van der Waals surface area contributed by atoms with E-state index in [2.05, 4.69) is 11.8 Å². The average molecular weight is 251 g/mol. The van der Waals surface area contributed by atoms with Crippen molar-refractivity contribution in [2.45, 2.75) is 38.6 Å². The summed E-state index contributed by atoms with van der Waals surface area (Å²) in [4.78, 5) is 13.0. The topological polar surface area (TPSA) is 53.7 Å². The fourth-order valence-electron chi connectivity index (χ4n) is 2.83. The molecule has 0 aliphatic carbocycles. The number of carboxylic acid groups (broad SMARTS) is 1. The molecule has 0 saturated carbocycles. The first-order chi connectivity index (χ1) is 8.70. The molecule has 2 heterocycles. The van der Waals surface area contributed by atoms with Gasteiger partial charge in [-0.15, -0.1) is 0 Å². The molecule has 100 valence electrons. The molecule has 1 saturated heterocycles. The second kappa shape index (κ2) is 6.05. The van der Waals surface area contributed by atoms with Crippen LogP contribution in [-0.4, -0.2) is 29.1 Å². The van der Waals surface area contributed by atoms with E-state index in [1.54, 1.807) is 6.26 Å². The Kier molecular flexibility index (Phi) is 4.42. The maximum absolute atomic E-state index is 10.6.